The van der Waals surface area contributed by atoms with Gasteiger partial charge in [-0.25, -0.2) is 10.5 Å². The first-order valence-electron chi connectivity index (χ1n) is 5.07. The summed E-state index contributed by atoms with van der Waals surface area (Å²) in [6.07, 6.45) is 0. The van der Waals surface area contributed by atoms with Gasteiger partial charge in [0.15, 0.2) is 5.13 Å². The van der Waals surface area contributed by atoms with Crippen molar-refractivity contribution in [2.24, 2.45) is 0 Å². The number of nitrogens with zero attached hydrogens (tertiary/aromatic N) is 1. The van der Waals surface area contributed by atoms with Gasteiger partial charge in [-0.1, -0.05) is 11.6 Å². The third-order valence-corrected chi connectivity index (χ3v) is 3.17. The molecule has 0 saturated heterocycles. The highest BCUT2D eigenvalue weighted by Crippen LogP contribution is 2.17. The van der Waals surface area contributed by atoms with Crippen molar-refractivity contribution in [3.8, 4) is 0 Å². The van der Waals surface area contributed by atoms with E-state index in [9.17, 15) is 9.59 Å². The van der Waals surface area contributed by atoms with E-state index < -0.39 is 5.91 Å². The van der Waals surface area contributed by atoms with Crippen molar-refractivity contribution >= 4 is 39.9 Å². The second-order valence-electron chi connectivity index (χ2n) is 3.44. The van der Waals surface area contributed by atoms with Gasteiger partial charge >= 0.3 is 0 Å². The molecule has 0 radical (unpaired) electrons. The number of nitrogens with one attached hydrogen (secondary N) is 2. The van der Waals surface area contributed by atoms with Crippen LogP contribution in [0.25, 0.3) is 0 Å². The lowest BCUT2D eigenvalue weighted by Crippen LogP contribution is -2.19. The molecule has 1 heterocycles. The Balaban J connectivity index is 2.08. The van der Waals surface area contributed by atoms with Crippen LogP contribution < -0.4 is 10.8 Å². The van der Waals surface area contributed by atoms with E-state index in [4.69, 9.17) is 16.8 Å². The minimum Gasteiger partial charge on any atom is -0.298 e. The molecule has 2 amide bonds. The molecule has 6 nitrogen and oxygen atoms in total. The minimum atomic E-state index is -0.733. The largest absolute Gasteiger partial charge is 0.298 e. The number of anilines is 1. The first kappa shape index (κ1) is 13.5. The summed E-state index contributed by atoms with van der Waals surface area (Å²) in [5.41, 5.74) is 1.91. The Bertz CT molecular complexity index is 612. The molecule has 8 heteroatoms. The van der Waals surface area contributed by atoms with Crippen molar-refractivity contribution in [1.82, 2.24) is 10.5 Å². The van der Waals surface area contributed by atoms with Crippen LogP contribution in [0.3, 0.4) is 0 Å². The number of hydrogen-bond acceptors (Lipinski definition) is 5. The van der Waals surface area contributed by atoms with Gasteiger partial charge in [0.2, 0.25) is 0 Å². The van der Waals surface area contributed by atoms with Crippen LogP contribution in [0.15, 0.2) is 29.6 Å². The lowest BCUT2D eigenvalue weighted by molar-refractivity contribution is 0.0701. The van der Waals surface area contributed by atoms with Gasteiger partial charge in [-0.15, -0.1) is 11.3 Å². The lowest BCUT2D eigenvalue weighted by atomic mass is 10.2. The number of halogens is 1. The van der Waals surface area contributed by atoms with Gasteiger partial charge < -0.3 is 0 Å². The Morgan fingerprint density at radius 2 is 1.89 bits per heavy atom. The minimum absolute atomic E-state index is 0.0268. The monoisotopic (exact) mass is 297 g/mol. The molecular formula is C11H8ClN3O3S. The van der Waals surface area contributed by atoms with Gasteiger partial charge in [-0.3, -0.25) is 20.1 Å². The highest BCUT2D eigenvalue weighted by atomic mass is 35.5. The summed E-state index contributed by atoms with van der Waals surface area (Å²) >= 11 is 6.80. The molecule has 2 aromatic rings. The summed E-state index contributed by atoms with van der Waals surface area (Å²) in [5.74, 6) is -1.09. The summed E-state index contributed by atoms with van der Waals surface area (Å²) in [6, 6.07) is 6.35. The molecule has 0 bridgehead atoms. The normalized spacial score (nSPS) is 10.0. The summed E-state index contributed by atoms with van der Waals surface area (Å²) in [5, 5.41) is 13.2. The zero-order chi connectivity index (χ0) is 13.8. The molecule has 0 unspecified atom stereocenters. The molecule has 0 spiro atoms. The summed E-state index contributed by atoms with van der Waals surface area (Å²) < 4.78 is 0. The Hall–Kier alpha value is -1.96. The highest BCUT2D eigenvalue weighted by Gasteiger charge is 2.12. The van der Waals surface area contributed by atoms with E-state index >= 15 is 0 Å². The molecule has 0 aliphatic heterocycles. The molecule has 0 atom stereocenters. The molecule has 19 heavy (non-hydrogen) atoms. The number of aromatic nitrogens is 1. The Labute approximate surface area is 117 Å². The molecule has 1 aromatic heterocycles. The maximum absolute atomic E-state index is 11.8. The Morgan fingerprint density at radius 3 is 2.53 bits per heavy atom. The van der Waals surface area contributed by atoms with Crippen LogP contribution in [0.2, 0.25) is 5.02 Å². The molecule has 98 valence electrons. The van der Waals surface area contributed by atoms with Crippen LogP contribution in [0.4, 0.5) is 5.13 Å². The first-order chi connectivity index (χ1) is 9.10. The molecule has 0 aliphatic rings. The van der Waals surface area contributed by atoms with Crippen molar-refractivity contribution in [3.05, 3.63) is 45.9 Å². The molecule has 0 fully saturated rings. The van der Waals surface area contributed by atoms with Gasteiger partial charge in [0.25, 0.3) is 11.8 Å². The first-order valence-corrected chi connectivity index (χ1v) is 6.33. The Kier molecular flexibility index (Phi) is 4.10. The van der Waals surface area contributed by atoms with Crippen LogP contribution in [0.5, 0.6) is 0 Å². The summed E-state index contributed by atoms with van der Waals surface area (Å²) in [6.45, 7) is 0. The van der Waals surface area contributed by atoms with Crippen LogP contribution in [-0.2, 0) is 0 Å². The van der Waals surface area contributed by atoms with Gasteiger partial charge in [-0.05, 0) is 24.3 Å². The van der Waals surface area contributed by atoms with E-state index in [-0.39, 0.29) is 16.7 Å². The zero-order valence-corrected chi connectivity index (χ0v) is 11.0. The quantitative estimate of drug-likeness (QED) is 0.598. The number of carbonyl (C=O) groups is 2. The lowest BCUT2D eigenvalue weighted by Gasteiger charge is -2.01. The van der Waals surface area contributed by atoms with Crippen LogP contribution in [0.1, 0.15) is 20.8 Å². The average Bonchev–Trinajstić information content (AvgIpc) is 2.87. The fourth-order valence-corrected chi connectivity index (χ4v) is 2.07. The van der Waals surface area contributed by atoms with Crippen molar-refractivity contribution in [1.29, 1.82) is 0 Å². The van der Waals surface area contributed by atoms with Crippen molar-refractivity contribution in [2.45, 2.75) is 0 Å². The topological polar surface area (TPSA) is 91.3 Å². The molecule has 2 rings (SSSR count). The second kappa shape index (κ2) is 5.79. The number of amides is 2. The van der Waals surface area contributed by atoms with E-state index in [2.05, 4.69) is 10.3 Å². The SMILES string of the molecule is O=C(Nc1nc(C(=O)NO)cs1)c1ccc(Cl)cc1. The van der Waals surface area contributed by atoms with Crippen LogP contribution in [-0.4, -0.2) is 22.0 Å². The molecule has 1 aromatic carbocycles. The van der Waals surface area contributed by atoms with Gasteiger partial charge in [0.1, 0.15) is 5.69 Å². The van der Waals surface area contributed by atoms with E-state index in [1.54, 1.807) is 24.3 Å². The van der Waals surface area contributed by atoms with E-state index in [0.717, 1.165) is 11.3 Å². The zero-order valence-electron chi connectivity index (χ0n) is 9.38. The number of hydroxylamine groups is 1. The van der Waals surface area contributed by atoms with Crippen molar-refractivity contribution < 1.29 is 14.8 Å². The number of hydrogen-bond donors (Lipinski definition) is 3. The Morgan fingerprint density at radius 1 is 1.21 bits per heavy atom. The number of carbonyl (C=O) groups excluding carboxylic acids is 2. The maximum atomic E-state index is 11.8. The van der Waals surface area contributed by atoms with E-state index in [1.807, 2.05) is 0 Å². The van der Waals surface area contributed by atoms with Gasteiger partial charge in [0, 0.05) is 16.0 Å². The fraction of sp³-hybridized carbons (Fsp3) is 0. The fourth-order valence-electron chi connectivity index (χ4n) is 1.26. The van der Waals surface area contributed by atoms with Crippen molar-refractivity contribution in [3.63, 3.8) is 0 Å². The predicted octanol–water partition coefficient (Wildman–Crippen LogP) is 2.17. The summed E-state index contributed by atoms with van der Waals surface area (Å²) in [7, 11) is 0. The smallest absolute Gasteiger partial charge is 0.294 e. The standard InChI is InChI=1S/C11H8ClN3O3S/c12-7-3-1-6(2-4-7)9(16)14-11-13-8(5-19-11)10(17)15-18/h1-5,18H,(H,15,17)(H,13,14,16). The van der Waals surface area contributed by atoms with Crippen LogP contribution in [0, 0.1) is 0 Å². The third kappa shape index (κ3) is 3.28. The molecule has 3 N–H and O–H groups in total. The third-order valence-electron chi connectivity index (χ3n) is 2.17. The van der Waals surface area contributed by atoms with Gasteiger partial charge in [0.05, 0.1) is 0 Å². The number of thiazole rings is 1. The summed E-state index contributed by atoms with van der Waals surface area (Å²) in [4.78, 5) is 26.8. The van der Waals surface area contributed by atoms with E-state index in [0.29, 0.717) is 10.6 Å². The van der Waals surface area contributed by atoms with Crippen molar-refractivity contribution in [2.75, 3.05) is 5.32 Å². The molecule has 0 saturated carbocycles. The van der Waals surface area contributed by atoms with E-state index in [1.165, 1.54) is 10.9 Å². The van der Waals surface area contributed by atoms with Crippen LogP contribution >= 0.6 is 22.9 Å². The predicted molar refractivity (Wildman–Crippen MR) is 70.8 cm³/mol. The number of benzene rings is 1. The highest BCUT2D eigenvalue weighted by molar-refractivity contribution is 7.14. The average molecular weight is 298 g/mol. The number of rotatable bonds is 3. The van der Waals surface area contributed by atoms with Gasteiger partial charge in [-0.2, -0.15) is 0 Å². The molecule has 0 aliphatic carbocycles. The molecular weight excluding hydrogens is 290 g/mol. The second-order valence-corrected chi connectivity index (χ2v) is 4.73. The maximum Gasteiger partial charge on any atom is 0.294 e.